The fourth-order valence-electron chi connectivity index (χ4n) is 7.28. The standard InChI is InChI=1S/2C18H14O6S3.C7H8O3S/c2*1-3-21-11-9(19-1)7-25-15(11)17-13-14(24-6-5-23-13)18(27-17)16-12-10(8-26-16)20-2-4-22-12;1-6-2-4-7(5-3-6)11(8,9)10/h2*7-8H,1-6H2;2-5H,1H3,(H,8,9,10)/p-1. The predicted molar refractivity (Wildman–Crippen MR) is 247 cm³/mol. The summed E-state index contributed by atoms with van der Waals surface area (Å²) in [6.45, 7) is 8.47. The molecule has 15 nitrogen and oxygen atoms in total. The SMILES string of the molecule is Cc1ccc(S(=O)(=O)[O-])cc1.c1sc(-c2sc(-c3scc4c3OCCO4)c3c2OCCO3)c2c1OCCO2.c1sc(-c2sc(-c3scc4c3OCCO4)c3c2OCCO3)c2c1OCCO2. The first-order valence-electron chi connectivity index (χ1n) is 20.2. The highest BCUT2D eigenvalue weighted by molar-refractivity contribution is 7.85. The van der Waals surface area contributed by atoms with Crippen molar-refractivity contribution in [3.05, 3.63) is 51.3 Å². The minimum absolute atomic E-state index is 0.178. The van der Waals surface area contributed by atoms with E-state index >= 15 is 0 Å². The van der Waals surface area contributed by atoms with Gasteiger partial charge in [0, 0.05) is 21.5 Å². The van der Waals surface area contributed by atoms with Crippen LogP contribution in [0.15, 0.2) is 50.7 Å². The molecule has 22 heteroatoms. The Kier molecular flexibility index (Phi) is 11.8. The summed E-state index contributed by atoms with van der Waals surface area (Å²) < 4.78 is 102. The molecule has 6 aliphatic heterocycles. The van der Waals surface area contributed by atoms with E-state index in [0.717, 1.165) is 114 Å². The molecule has 0 unspecified atom stereocenters. The van der Waals surface area contributed by atoms with Crippen LogP contribution in [0.4, 0.5) is 0 Å². The van der Waals surface area contributed by atoms with Crippen LogP contribution in [0.2, 0.25) is 0 Å². The summed E-state index contributed by atoms with van der Waals surface area (Å²) in [5.74, 6) is 9.48. The monoisotopic (exact) mass is 1020 g/mol. The third-order valence-corrected chi connectivity index (χ3v) is 17.7. The van der Waals surface area contributed by atoms with Gasteiger partial charge in [0.2, 0.25) is 0 Å². The summed E-state index contributed by atoms with van der Waals surface area (Å²) in [4.78, 5) is 7.94. The second-order valence-corrected chi connectivity index (χ2v) is 21.3. The summed E-state index contributed by atoms with van der Waals surface area (Å²) in [5.41, 5.74) is 0.928. The first-order chi connectivity index (χ1) is 31.8. The zero-order valence-corrected chi connectivity index (χ0v) is 39.8. The topological polar surface area (TPSA) is 168 Å². The second kappa shape index (κ2) is 18.0. The van der Waals surface area contributed by atoms with Crippen LogP contribution in [0.1, 0.15) is 5.56 Å². The largest absolute Gasteiger partial charge is 0.744 e. The van der Waals surface area contributed by atoms with Gasteiger partial charge in [-0.3, -0.25) is 0 Å². The Labute approximate surface area is 395 Å². The van der Waals surface area contributed by atoms with E-state index in [2.05, 4.69) is 0 Å². The number of aryl methyl sites for hydroxylation is 1. The van der Waals surface area contributed by atoms with Crippen LogP contribution in [0, 0.1) is 6.92 Å². The number of rotatable bonds is 5. The molecule has 0 aliphatic carbocycles. The average molecular weight is 1020 g/mol. The Hall–Kier alpha value is -5.07. The zero-order chi connectivity index (χ0) is 44.1. The molecule has 0 spiro atoms. The maximum absolute atomic E-state index is 10.4. The third-order valence-electron chi connectivity index (χ3n) is 10.1. The Balaban J connectivity index is 0.000000118. The molecule has 0 radical (unpaired) electrons. The third kappa shape index (κ3) is 8.17. The molecule has 0 saturated carbocycles. The number of thiophene rings is 6. The van der Waals surface area contributed by atoms with Gasteiger partial charge in [0.1, 0.15) is 89.4 Å². The molecule has 6 aromatic heterocycles. The fourth-order valence-corrected chi connectivity index (χ4v) is 14.4. The van der Waals surface area contributed by atoms with Gasteiger partial charge in [-0.05, 0) is 19.1 Å². The first-order valence-corrected chi connectivity index (χ1v) is 26.7. The molecule has 7 aromatic rings. The van der Waals surface area contributed by atoms with Gasteiger partial charge in [0.15, 0.2) is 69.0 Å². The van der Waals surface area contributed by atoms with Gasteiger partial charge in [-0.25, -0.2) is 8.42 Å². The molecule has 0 fully saturated rings. The van der Waals surface area contributed by atoms with Crippen LogP contribution < -0.4 is 56.8 Å². The van der Waals surface area contributed by atoms with E-state index in [1.54, 1.807) is 80.2 Å². The number of hydrogen-bond acceptors (Lipinski definition) is 21. The van der Waals surface area contributed by atoms with Gasteiger partial charge >= 0.3 is 0 Å². The van der Waals surface area contributed by atoms with Crippen LogP contribution in [0.25, 0.3) is 39.0 Å². The highest BCUT2D eigenvalue weighted by Gasteiger charge is 2.35. The van der Waals surface area contributed by atoms with Gasteiger partial charge in [-0.2, -0.15) is 0 Å². The smallest absolute Gasteiger partial charge is 0.181 e. The minimum Gasteiger partial charge on any atom is -0.744 e. The highest BCUT2D eigenvalue weighted by atomic mass is 32.2. The van der Waals surface area contributed by atoms with Gasteiger partial charge in [-0.15, -0.1) is 68.0 Å². The van der Waals surface area contributed by atoms with Crippen LogP contribution >= 0.6 is 68.0 Å². The van der Waals surface area contributed by atoms with Crippen LogP contribution in [-0.2, 0) is 10.1 Å². The molecule has 13 rings (SSSR count). The van der Waals surface area contributed by atoms with Crippen molar-refractivity contribution in [1.82, 2.24) is 0 Å². The van der Waals surface area contributed by atoms with Crippen LogP contribution in [0.3, 0.4) is 0 Å². The van der Waals surface area contributed by atoms with Crippen molar-refractivity contribution in [3.63, 3.8) is 0 Å². The van der Waals surface area contributed by atoms with E-state index in [9.17, 15) is 13.0 Å². The lowest BCUT2D eigenvalue weighted by molar-refractivity contribution is 0.171. The van der Waals surface area contributed by atoms with Gasteiger partial charge < -0.3 is 61.4 Å². The number of hydrogen-bond donors (Lipinski definition) is 0. The van der Waals surface area contributed by atoms with E-state index in [0.29, 0.717) is 79.3 Å². The lowest BCUT2D eigenvalue weighted by Crippen LogP contribution is -2.16. The quantitative estimate of drug-likeness (QED) is 0.149. The zero-order valence-electron chi connectivity index (χ0n) is 34.1. The molecule has 0 saturated heterocycles. The molecule has 0 bridgehead atoms. The van der Waals surface area contributed by atoms with E-state index < -0.39 is 10.1 Å². The van der Waals surface area contributed by atoms with Gasteiger partial charge in [-0.1, -0.05) is 17.7 Å². The molecule has 6 aliphatic rings. The maximum Gasteiger partial charge on any atom is 0.181 e. The van der Waals surface area contributed by atoms with Crippen LogP contribution in [-0.4, -0.2) is 92.3 Å². The molecule has 12 heterocycles. The number of fused-ring (bicyclic) bond motifs is 6. The molecule has 1 aromatic carbocycles. The van der Waals surface area contributed by atoms with Crippen molar-refractivity contribution in [2.24, 2.45) is 0 Å². The molecule has 65 heavy (non-hydrogen) atoms. The Morgan fingerprint density at radius 1 is 0.369 bits per heavy atom. The predicted octanol–water partition coefficient (Wildman–Crippen LogP) is 9.94. The van der Waals surface area contributed by atoms with Crippen molar-refractivity contribution in [1.29, 1.82) is 0 Å². The fraction of sp³-hybridized carbons (Fsp3) is 0.302. The van der Waals surface area contributed by atoms with Gasteiger partial charge in [0.05, 0.1) is 43.9 Å². The number of benzene rings is 1. The molecule has 0 amide bonds. The number of ether oxygens (including phenoxy) is 12. The lowest BCUT2D eigenvalue weighted by atomic mass is 10.2. The van der Waals surface area contributed by atoms with E-state index in [1.165, 1.54) is 12.1 Å². The molecule has 340 valence electrons. The first kappa shape index (κ1) is 42.6. The van der Waals surface area contributed by atoms with E-state index in [-0.39, 0.29) is 4.90 Å². The van der Waals surface area contributed by atoms with Crippen molar-refractivity contribution >= 4 is 78.1 Å². The summed E-state index contributed by atoms with van der Waals surface area (Å²) in [6, 6.07) is 5.78. The van der Waals surface area contributed by atoms with E-state index in [4.69, 9.17) is 56.8 Å². The Morgan fingerprint density at radius 3 is 0.877 bits per heavy atom. The van der Waals surface area contributed by atoms with Crippen molar-refractivity contribution in [3.8, 4) is 108 Å². The van der Waals surface area contributed by atoms with Gasteiger partial charge in [0.25, 0.3) is 0 Å². The highest BCUT2D eigenvalue weighted by Crippen LogP contribution is 2.63. The molecular formula is C43H35O15S7-. The minimum atomic E-state index is -4.27. The summed E-state index contributed by atoms with van der Waals surface area (Å²) in [6.07, 6.45) is 0. The molecule has 0 atom stereocenters. The summed E-state index contributed by atoms with van der Waals surface area (Å²) >= 11 is 9.68. The summed E-state index contributed by atoms with van der Waals surface area (Å²) in [7, 11) is -4.27. The lowest BCUT2D eigenvalue weighted by Gasteiger charge is -2.19. The van der Waals surface area contributed by atoms with Crippen molar-refractivity contribution < 1.29 is 69.8 Å². The average Bonchev–Trinajstić information content (AvgIpc) is 4.21. The van der Waals surface area contributed by atoms with Crippen LogP contribution in [0.5, 0.6) is 69.0 Å². The van der Waals surface area contributed by atoms with E-state index in [1.807, 2.05) is 28.4 Å². The van der Waals surface area contributed by atoms with Crippen molar-refractivity contribution in [2.45, 2.75) is 11.8 Å². The Morgan fingerprint density at radius 2 is 0.615 bits per heavy atom. The molecular weight excluding hydrogens is 981 g/mol. The Bertz CT molecular complexity index is 2650. The maximum atomic E-state index is 10.4. The second-order valence-electron chi connectivity index (χ2n) is 14.3. The van der Waals surface area contributed by atoms with Crippen molar-refractivity contribution in [2.75, 3.05) is 79.3 Å². The molecule has 0 N–H and O–H groups in total. The normalized spacial score (nSPS) is 16.1. The summed E-state index contributed by atoms with van der Waals surface area (Å²) in [5, 5.41) is 7.96.